The minimum absolute atomic E-state index is 0.00499. The van der Waals surface area contributed by atoms with E-state index in [-0.39, 0.29) is 17.6 Å². The van der Waals surface area contributed by atoms with E-state index in [2.05, 4.69) is 21.8 Å². The van der Waals surface area contributed by atoms with Crippen LogP contribution < -0.4 is 9.80 Å². The summed E-state index contributed by atoms with van der Waals surface area (Å²) in [5.74, 6) is -0.485. The number of carbonyl (C=O) groups is 1. The van der Waals surface area contributed by atoms with Crippen LogP contribution >= 0.6 is 0 Å². The monoisotopic (exact) mass is 426 g/mol. The lowest BCUT2D eigenvalue weighted by atomic mass is 9.95. The summed E-state index contributed by atoms with van der Waals surface area (Å²) < 4.78 is 14.8. The Labute approximate surface area is 183 Å². The summed E-state index contributed by atoms with van der Waals surface area (Å²) in [7, 11) is 2.10. The van der Waals surface area contributed by atoms with E-state index in [1.165, 1.54) is 6.07 Å². The summed E-state index contributed by atoms with van der Waals surface area (Å²) in [5, 5.41) is 10.1. The number of halogens is 1. The SMILES string of the molecule is CN1CCN(c2cccc(F)c2C[C@@H]2CCN(c3ccc(C(C)(C)O)nc3)C2=O)CC1. The first-order valence-electron chi connectivity index (χ1n) is 10.9. The molecular formula is C24H31FN4O2. The Morgan fingerprint density at radius 1 is 1.13 bits per heavy atom. The number of pyridine rings is 1. The van der Waals surface area contributed by atoms with Gasteiger partial charge < -0.3 is 19.8 Å². The van der Waals surface area contributed by atoms with E-state index >= 15 is 0 Å². The minimum atomic E-state index is -1.03. The van der Waals surface area contributed by atoms with Crippen LogP contribution in [0.4, 0.5) is 15.8 Å². The van der Waals surface area contributed by atoms with Crippen LogP contribution in [0.2, 0.25) is 0 Å². The third-order valence-electron chi connectivity index (χ3n) is 6.39. The van der Waals surface area contributed by atoms with Gasteiger partial charge in [-0.05, 0) is 58.0 Å². The second-order valence-electron chi connectivity index (χ2n) is 9.17. The van der Waals surface area contributed by atoms with Crippen molar-refractivity contribution in [2.24, 2.45) is 5.92 Å². The minimum Gasteiger partial charge on any atom is -0.384 e. The van der Waals surface area contributed by atoms with Crippen LogP contribution in [0, 0.1) is 11.7 Å². The first kappa shape index (κ1) is 21.7. The van der Waals surface area contributed by atoms with E-state index in [0.29, 0.717) is 36.3 Å². The molecule has 1 aromatic carbocycles. The number of aliphatic hydroxyl groups is 1. The van der Waals surface area contributed by atoms with Crippen molar-refractivity contribution in [3.05, 3.63) is 53.6 Å². The molecule has 2 saturated heterocycles. The van der Waals surface area contributed by atoms with Crippen molar-refractivity contribution in [3.63, 3.8) is 0 Å². The molecule has 2 aliphatic heterocycles. The van der Waals surface area contributed by atoms with Gasteiger partial charge in [-0.15, -0.1) is 0 Å². The van der Waals surface area contributed by atoms with Crippen LogP contribution in [-0.2, 0) is 16.8 Å². The number of aromatic nitrogens is 1. The van der Waals surface area contributed by atoms with Gasteiger partial charge in [0.2, 0.25) is 5.91 Å². The van der Waals surface area contributed by atoms with Gasteiger partial charge in [0.25, 0.3) is 0 Å². The van der Waals surface area contributed by atoms with Gasteiger partial charge in [0.1, 0.15) is 11.4 Å². The largest absolute Gasteiger partial charge is 0.384 e. The van der Waals surface area contributed by atoms with Gasteiger partial charge in [0.05, 0.1) is 17.6 Å². The van der Waals surface area contributed by atoms with Crippen molar-refractivity contribution in [3.8, 4) is 0 Å². The molecule has 3 heterocycles. The standard InChI is InChI=1S/C24H31FN4O2/c1-24(2,31)22-8-7-18(16-26-22)29-10-9-17(23(29)30)15-19-20(25)5-4-6-21(19)28-13-11-27(3)12-14-28/h4-8,16-17,31H,9-15H2,1-3H3/t17-/m0/s1. The zero-order valence-electron chi connectivity index (χ0n) is 18.5. The van der Waals surface area contributed by atoms with Gasteiger partial charge in [-0.2, -0.15) is 0 Å². The molecule has 0 spiro atoms. The van der Waals surface area contributed by atoms with Gasteiger partial charge in [0, 0.05) is 49.9 Å². The fraction of sp³-hybridized carbons (Fsp3) is 0.500. The summed E-state index contributed by atoms with van der Waals surface area (Å²) in [6.07, 6.45) is 2.72. The molecule has 0 saturated carbocycles. The van der Waals surface area contributed by atoms with Gasteiger partial charge in [-0.1, -0.05) is 6.07 Å². The molecule has 2 aromatic rings. The second-order valence-corrected chi connectivity index (χ2v) is 9.17. The highest BCUT2D eigenvalue weighted by Gasteiger charge is 2.34. The fourth-order valence-corrected chi connectivity index (χ4v) is 4.43. The second kappa shape index (κ2) is 8.55. The van der Waals surface area contributed by atoms with Crippen LogP contribution in [0.1, 0.15) is 31.5 Å². The Hall–Kier alpha value is -2.51. The van der Waals surface area contributed by atoms with Crippen LogP contribution in [0.25, 0.3) is 0 Å². The molecular weight excluding hydrogens is 395 g/mol. The number of nitrogens with zero attached hydrogens (tertiary/aromatic N) is 4. The van der Waals surface area contributed by atoms with Crippen LogP contribution in [-0.4, -0.2) is 60.7 Å². The Morgan fingerprint density at radius 2 is 1.87 bits per heavy atom. The van der Waals surface area contributed by atoms with Crippen molar-refractivity contribution < 1.29 is 14.3 Å². The average molecular weight is 427 g/mol. The zero-order valence-corrected chi connectivity index (χ0v) is 18.5. The number of carbonyl (C=O) groups excluding carboxylic acids is 1. The maximum atomic E-state index is 14.8. The van der Waals surface area contributed by atoms with Gasteiger partial charge >= 0.3 is 0 Å². The highest BCUT2D eigenvalue weighted by molar-refractivity contribution is 5.97. The maximum Gasteiger partial charge on any atom is 0.230 e. The molecule has 0 unspecified atom stereocenters. The van der Waals surface area contributed by atoms with Gasteiger partial charge in [-0.25, -0.2) is 4.39 Å². The summed E-state index contributed by atoms with van der Waals surface area (Å²) in [4.78, 5) is 23.7. The molecule has 1 aromatic heterocycles. The molecule has 0 aliphatic carbocycles. The van der Waals surface area contributed by atoms with Crippen molar-refractivity contribution in [1.82, 2.24) is 9.88 Å². The smallest absolute Gasteiger partial charge is 0.230 e. The number of rotatable bonds is 5. The summed E-state index contributed by atoms with van der Waals surface area (Å²) in [6, 6.07) is 8.79. The van der Waals surface area contributed by atoms with Crippen molar-refractivity contribution in [2.75, 3.05) is 49.6 Å². The fourth-order valence-electron chi connectivity index (χ4n) is 4.43. The van der Waals surface area contributed by atoms with E-state index in [1.54, 1.807) is 37.1 Å². The first-order chi connectivity index (χ1) is 14.7. The number of amides is 1. The quantitative estimate of drug-likeness (QED) is 0.797. The van der Waals surface area contributed by atoms with E-state index in [0.717, 1.165) is 31.9 Å². The lowest BCUT2D eigenvalue weighted by Gasteiger charge is -2.35. The van der Waals surface area contributed by atoms with Crippen LogP contribution in [0.5, 0.6) is 0 Å². The highest BCUT2D eigenvalue weighted by Crippen LogP contribution is 2.32. The predicted octanol–water partition coefficient (Wildman–Crippen LogP) is 2.80. The van der Waals surface area contributed by atoms with Crippen LogP contribution in [0.15, 0.2) is 36.5 Å². The lowest BCUT2D eigenvalue weighted by molar-refractivity contribution is -0.120. The molecule has 1 amide bonds. The van der Waals surface area contributed by atoms with E-state index in [1.807, 2.05) is 12.1 Å². The van der Waals surface area contributed by atoms with E-state index in [9.17, 15) is 14.3 Å². The Kier molecular flexibility index (Phi) is 5.99. The highest BCUT2D eigenvalue weighted by atomic mass is 19.1. The first-order valence-corrected chi connectivity index (χ1v) is 10.9. The summed E-state index contributed by atoms with van der Waals surface area (Å²) >= 11 is 0. The molecule has 0 bridgehead atoms. The molecule has 31 heavy (non-hydrogen) atoms. The zero-order chi connectivity index (χ0) is 22.2. The molecule has 6 nitrogen and oxygen atoms in total. The topological polar surface area (TPSA) is 59.9 Å². The Morgan fingerprint density at radius 3 is 2.52 bits per heavy atom. The molecule has 2 aliphatic rings. The molecule has 166 valence electrons. The lowest BCUT2D eigenvalue weighted by Crippen LogP contribution is -2.45. The van der Waals surface area contributed by atoms with Gasteiger partial charge in [0.15, 0.2) is 0 Å². The third-order valence-corrected chi connectivity index (χ3v) is 6.39. The Balaban J connectivity index is 1.50. The van der Waals surface area contributed by atoms with Crippen molar-refractivity contribution in [1.29, 1.82) is 0 Å². The van der Waals surface area contributed by atoms with Crippen molar-refractivity contribution >= 4 is 17.3 Å². The average Bonchev–Trinajstić information content (AvgIpc) is 3.10. The molecule has 4 rings (SSSR count). The maximum absolute atomic E-state index is 14.8. The van der Waals surface area contributed by atoms with Crippen LogP contribution in [0.3, 0.4) is 0 Å². The molecule has 2 fully saturated rings. The Bertz CT molecular complexity index is 934. The molecule has 7 heteroatoms. The number of hydrogen-bond donors (Lipinski definition) is 1. The number of piperazine rings is 1. The number of anilines is 2. The molecule has 1 N–H and O–H groups in total. The number of benzene rings is 1. The summed E-state index contributed by atoms with van der Waals surface area (Å²) in [5.41, 5.74) is 1.80. The summed E-state index contributed by atoms with van der Waals surface area (Å²) in [6.45, 7) is 7.55. The predicted molar refractivity (Wildman–Crippen MR) is 120 cm³/mol. The van der Waals surface area contributed by atoms with Crippen molar-refractivity contribution in [2.45, 2.75) is 32.3 Å². The number of hydrogen-bond acceptors (Lipinski definition) is 5. The third kappa shape index (κ3) is 4.57. The molecule has 0 radical (unpaired) electrons. The number of likely N-dealkylation sites (N-methyl/N-ethyl adjacent to an activating group) is 1. The van der Waals surface area contributed by atoms with Gasteiger partial charge in [-0.3, -0.25) is 9.78 Å². The normalized spacial score (nSPS) is 20.5. The van der Waals surface area contributed by atoms with E-state index in [4.69, 9.17) is 0 Å². The van der Waals surface area contributed by atoms with E-state index < -0.39 is 5.60 Å². The molecule has 1 atom stereocenters.